The Labute approximate surface area is 80.1 Å². The number of aromatic nitrogens is 2. The van der Waals surface area contributed by atoms with Crippen LogP contribution >= 0.6 is 11.6 Å². The van der Waals surface area contributed by atoms with Gasteiger partial charge < -0.3 is 0 Å². The van der Waals surface area contributed by atoms with Crippen molar-refractivity contribution in [1.82, 2.24) is 9.97 Å². The van der Waals surface area contributed by atoms with Crippen molar-refractivity contribution in [1.29, 1.82) is 0 Å². The molecule has 0 bridgehead atoms. The second kappa shape index (κ2) is 2.48. The molecule has 13 heavy (non-hydrogen) atoms. The fourth-order valence-electron chi connectivity index (χ4n) is 1.62. The van der Waals surface area contributed by atoms with Gasteiger partial charge in [-0.05, 0) is 18.8 Å². The molecule has 1 fully saturated rings. The van der Waals surface area contributed by atoms with E-state index in [0.29, 0.717) is 16.9 Å². The average Bonchev–Trinajstić information content (AvgIpc) is 2.87. The highest BCUT2D eigenvalue weighted by Gasteiger charge is 2.38. The predicted octanol–water partition coefficient (Wildman–Crippen LogP) is 2.68. The Morgan fingerprint density at radius 2 is 2.15 bits per heavy atom. The summed E-state index contributed by atoms with van der Waals surface area (Å²) in [6.07, 6.45) is 3.86. The molecule has 3 rings (SSSR count). The van der Waals surface area contributed by atoms with E-state index < -0.39 is 0 Å². The molecule has 0 aromatic carbocycles. The largest absolute Gasteiger partial charge is 0.224 e. The summed E-state index contributed by atoms with van der Waals surface area (Å²) in [5, 5.41) is 8.66. The van der Waals surface area contributed by atoms with E-state index in [1.165, 1.54) is 19.2 Å². The maximum Gasteiger partial charge on any atom is 0.184 e. The molecule has 66 valence electrons. The minimum absolute atomic E-state index is 0.128. The molecule has 5 heteroatoms. The van der Waals surface area contributed by atoms with Crippen molar-refractivity contribution in [3.05, 3.63) is 17.0 Å². The molecule has 1 aromatic rings. The van der Waals surface area contributed by atoms with Crippen LogP contribution in [-0.4, -0.2) is 9.97 Å². The first-order chi connectivity index (χ1) is 6.36. The number of hydrogen-bond acceptors (Lipinski definition) is 4. The van der Waals surface area contributed by atoms with E-state index in [9.17, 15) is 0 Å². The summed E-state index contributed by atoms with van der Waals surface area (Å²) in [6.45, 7) is 0. The topological polar surface area (TPSA) is 50.5 Å². The highest BCUT2D eigenvalue weighted by Crippen LogP contribution is 2.50. The monoisotopic (exact) mass is 194 g/mol. The van der Waals surface area contributed by atoms with Crippen molar-refractivity contribution in [2.45, 2.75) is 18.9 Å². The zero-order valence-electron chi connectivity index (χ0n) is 6.81. The molecule has 0 spiro atoms. The molecule has 0 radical (unpaired) electrons. The van der Waals surface area contributed by atoms with Crippen LogP contribution in [0.5, 0.6) is 0 Å². The van der Waals surface area contributed by atoms with Crippen LogP contribution in [0, 0.1) is 5.92 Å². The summed E-state index contributed by atoms with van der Waals surface area (Å²) in [4.78, 5) is 7.97. The van der Waals surface area contributed by atoms with Gasteiger partial charge in [-0.25, -0.2) is 9.97 Å². The summed E-state index contributed by atoms with van der Waals surface area (Å²) in [7, 11) is 0. The lowest BCUT2D eigenvalue weighted by atomic mass is 10.1. The Morgan fingerprint density at radius 1 is 1.31 bits per heavy atom. The third-order valence-corrected chi connectivity index (χ3v) is 2.76. The standard InChI is InChI=1S/C8H7ClN4/c9-7-5-6(4-1-2-4)12-13-8(5)11-3-10-7/h3-4,6H,1-2H2. The zero-order chi connectivity index (χ0) is 8.84. The van der Waals surface area contributed by atoms with Crippen molar-refractivity contribution < 1.29 is 0 Å². The molecule has 0 amide bonds. The van der Waals surface area contributed by atoms with Gasteiger partial charge in [0.1, 0.15) is 17.5 Å². The van der Waals surface area contributed by atoms with Gasteiger partial charge in [-0.3, -0.25) is 0 Å². The number of azo groups is 1. The van der Waals surface area contributed by atoms with Gasteiger partial charge in [0.15, 0.2) is 5.82 Å². The van der Waals surface area contributed by atoms with Gasteiger partial charge in [0.25, 0.3) is 0 Å². The minimum Gasteiger partial charge on any atom is -0.224 e. The van der Waals surface area contributed by atoms with Gasteiger partial charge in [-0.1, -0.05) is 11.6 Å². The van der Waals surface area contributed by atoms with Crippen LogP contribution < -0.4 is 0 Å². The lowest BCUT2D eigenvalue weighted by molar-refractivity contribution is 0.631. The van der Waals surface area contributed by atoms with E-state index in [4.69, 9.17) is 11.6 Å². The van der Waals surface area contributed by atoms with Gasteiger partial charge >= 0.3 is 0 Å². The molecular weight excluding hydrogens is 188 g/mol. The fraction of sp³-hybridized carbons (Fsp3) is 0.500. The van der Waals surface area contributed by atoms with Crippen molar-refractivity contribution in [2.24, 2.45) is 16.1 Å². The van der Waals surface area contributed by atoms with Crippen LogP contribution in [0.1, 0.15) is 24.4 Å². The Balaban J connectivity index is 2.11. The van der Waals surface area contributed by atoms with E-state index in [-0.39, 0.29) is 6.04 Å². The van der Waals surface area contributed by atoms with E-state index in [1.807, 2.05) is 0 Å². The highest BCUT2D eigenvalue weighted by molar-refractivity contribution is 6.30. The van der Waals surface area contributed by atoms with Crippen LogP contribution in [0.25, 0.3) is 0 Å². The minimum atomic E-state index is 0.128. The van der Waals surface area contributed by atoms with Crippen molar-refractivity contribution in [2.75, 3.05) is 0 Å². The number of fused-ring (bicyclic) bond motifs is 1. The van der Waals surface area contributed by atoms with Crippen LogP contribution in [0.2, 0.25) is 5.15 Å². The van der Waals surface area contributed by atoms with Gasteiger partial charge in [0.05, 0.1) is 5.56 Å². The summed E-state index contributed by atoms with van der Waals surface area (Å²) in [5.41, 5.74) is 0.923. The zero-order valence-corrected chi connectivity index (χ0v) is 7.57. The van der Waals surface area contributed by atoms with E-state index >= 15 is 0 Å². The Hall–Kier alpha value is -1.03. The number of halogens is 1. The summed E-state index contributed by atoms with van der Waals surface area (Å²) >= 11 is 5.97. The number of hydrogen-bond donors (Lipinski definition) is 0. The first-order valence-electron chi connectivity index (χ1n) is 4.27. The Kier molecular flexibility index (Phi) is 1.41. The smallest absolute Gasteiger partial charge is 0.184 e. The second-order valence-corrected chi connectivity index (χ2v) is 3.76. The van der Waals surface area contributed by atoms with Gasteiger partial charge in [-0.2, -0.15) is 5.11 Å². The van der Waals surface area contributed by atoms with Crippen LogP contribution in [0.4, 0.5) is 5.82 Å². The molecule has 1 atom stereocenters. The van der Waals surface area contributed by atoms with Crippen LogP contribution in [-0.2, 0) is 0 Å². The van der Waals surface area contributed by atoms with Crippen molar-refractivity contribution >= 4 is 17.4 Å². The van der Waals surface area contributed by atoms with Gasteiger partial charge in [-0.15, -0.1) is 5.11 Å². The van der Waals surface area contributed by atoms with E-state index in [2.05, 4.69) is 20.2 Å². The molecule has 0 N–H and O–H groups in total. The quantitative estimate of drug-likeness (QED) is 0.646. The normalized spacial score (nSPS) is 24.8. The maximum absolute atomic E-state index is 5.97. The van der Waals surface area contributed by atoms with E-state index in [0.717, 1.165) is 5.56 Å². The fourth-order valence-corrected chi connectivity index (χ4v) is 1.86. The Morgan fingerprint density at radius 3 is 2.92 bits per heavy atom. The third kappa shape index (κ3) is 1.05. The molecule has 0 saturated heterocycles. The van der Waals surface area contributed by atoms with Crippen molar-refractivity contribution in [3.63, 3.8) is 0 Å². The van der Waals surface area contributed by atoms with Crippen LogP contribution in [0.3, 0.4) is 0 Å². The molecule has 2 aliphatic rings. The highest BCUT2D eigenvalue weighted by atomic mass is 35.5. The predicted molar refractivity (Wildman–Crippen MR) is 47.0 cm³/mol. The maximum atomic E-state index is 5.97. The molecule has 4 nitrogen and oxygen atoms in total. The van der Waals surface area contributed by atoms with Gasteiger partial charge in [0, 0.05) is 0 Å². The summed E-state index contributed by atoms with van der Waals surface area (Å²) in [6, 6.07) is 0.128. The average molecular weight is 195 g/mol. The molecule has 1 aliphatic carbocycles. The SMILES string of the molecule is Clc1ncnc2c1C(C1CC1)N=N2. The van der Waals surface area contributed by atoms with E-state index in [1.54, 1.807) is 0 Å². The first-order valence-corrected chi connectivity index (χ1v) is 4.65. The van der Waals surface area contributed by atoms with Crippen LogP contribution in [0.15, 0.2) is 16.6 Å². The molecule has 1 aliphatic heterocycles. The summed E-state index contributed by atoms with van der Waals surface area (Å²) < 4.78 is 0. The molecule has 1 aromatic heterocycles. The number of rotatable bonds is 1. The first kappa shape index (κ1) is 7.38. The summed E-state index contributed by atoms with van der Waals surface area (Å²) in [5.74, 6) is 1.27. The lowest BCUT2D eigenvalue weighted by Gasteiger charge is -2.05. The molecular formula is C8H7ClN4. The second-order valence-electron chi connectivity index (χ2n) is 3.40. The van der Waals surface area contributed by atoms with Crippen molar-refractivity contribution in [3.8, 4) is 0 Å². The molecule has 1 saturated carbocycles. The number of nitrogens with zero attached hydrogens (tertiary/aromatic N) is 4. The third-order valence-electron chi connectivity index (χ3n) is 2.46. The van der Waals surface area contributed by atoms with Gasteiger partial charge in [0.2, 0.25) is 0 Å². The molecule has 1 unspecified atom stereocenters. The Bertz CT molecular complexity index is 386. The lowest BCUT2D eigenvalue weighted by Crippen LogP contribution is -1.96. The molecule has 2 heterocycles.